The molecular formula is C23H26FN3O2S. The van der Waals surface area contributed by atoms with Crippen molar-refractivity contribution >= 4 is 28.6 Å². The Kier molecular flexibility index (Phi) is 7.63. The van der Waals surface area contributed by atoms with Crippen molar-refractivity contribution in [1.29, 1.82) is 0 Å². The smallest absolute Gasteiger partial charge is 0.266 e. The highest BCUT2D eigenvalue weighted by molar-refractivity contribution is 7.99. The molecule has 0 saturated carbocycles. The SMILES string of the molecule is CC(C)NC(=O)CCCCCSc1nc2ccccc2c(=O)n1-c1ccc(F)cc1. The molecule has 0 aliphatic heterocycles. The van der Waals surface area contributed by atoms with Crippen LogP contribution < -0.4 is 10.9 Å². The predicted molar refractivity (Wildman–Crippen MR) is 120 cm³/mol. The molecule has 3 aromatic rings. The normalized spacial score (nSPS) is 11.2. The zero-order valence-corrected chi connectivity index (χ0v) is 18.0. The Labute approximate surface area is 179 Å². The summed E-state index contributed by atoms with van der Waals surface area (Å²) in [5.41, 5.74) is 1.07. The van der Waals surface area contributed by atoms with Gasteiger partial charge < -0.3 is 5.32 Å². The van der Waals surface area contributed by atoms with Gasteiger partial charge in [-0.1, -0.05) is 30.3 Å². The maximum Gasteiger partial charge on any atom is 0.266 e. The van der Waals surface area contributed by atoms with E-state index in [9.17, 15) is 14.0 Å². The summed E-state index contributed by atoms with van der Waals surface area (Å²) in [5, 5.41) is 4.01. The van der Waals surface area contributed by atoms with Crippen LogP contribution in [-0.2, 0) is 4.79 Å². The van der Waals surface area contributed by atoms with Gasteiger partial charge in [-0.3, -0.25) is 14.2 Å². The number of amides is 1. The van der Waals surface area contributed by atoms with Crippen LogP contribution in [0.15, 0.2) is 58.5 Å². The Balaban J connectivity index is 1.71. The van der Waals surface area contributed by atoms with Crippen molar-refractivity contribution in [1.82, 2.24) is 14.9 Å². The summed E-state index contributed by atoms with van der Waals surface area (Å²) in [4.78, 5) is 29.5. The average molecular weight is 428 g/mol. The average Bonchev–Trinajstić information content (AvgIpc) is 2.71. The maximum atomic E-state index is 13.4. The van der Waals surface area contributed by atoms with Gasteiger partial charge in [0.05, 0.1) is 16.6 Å². The van der Waals surface area contributed by atoms with Crippen molar-refractivity contribution in [2.75, 3.05) is 5.75 Å². The molecule has 2 aromatic carbocycles. The van der Waals surface area contributed by atoms with E-state index in [0.717, 1.165) is 25.0 Å². The predicted octanol–water partition coefficient (Wildman–Crippen LogP) is 4.70. The van der Waals surface area contributed by atoms with Crippen LogP contribution in [0.1, 0.15) is 39.5 Å². The van der Waals surface area contributed by atoms with Gasteiger partial charge in [0, 0.05) is 18.2 Å². The van der Waals surface area contributed by atoms with E-state index >= 15 is 0 Å². The number of nitrogens with zero attached hydrogens (tertiary/aromatic N) is 2. The standard InChI is InChI=1S/C23H26FN3O2S/c1-16(2)25-21(28)10-4-3-7-15-30-23-26-20-9-6-5-8-19(20)22(29)27(23)18-13-11-17(24)12-14-18/h5-6,8-9,11-14,16H,3-4,7,10,15H2,1-2H3,(H,25,28). The Bertz CT molecular complexity index is 1060. The first-order valence-electron chi connectivity index (χ1n) is 10.2. The summed E-state index contributed by atoms with van der Waals surface area (Å²) >= 11 is 1.50. The van der Waals surface area contributed by atoms with Crippen molar-refractivity contribution < 1.29 is 9.18 Å². The number of rotatable bonds is 9. The Morgan fingerprint density at radius 2 is 1.83 bits per heavy atom. The molecule has 0 fully saturated rings. The molecule has 0 atom stereocenters. The number of fused-ring (bicyclic) bond motifs is 1. The molecule has 0 spiro atoms. The number of hydrogen-bond acceptors (Lipinski definition) is 4. The molecule has 1 N–H and O–H groups in total. The number of halogens is 1. The lowest BCUT2D eigenvalue weighted by Crippen LogP contribution is -2.29. The number of carbonyl (C=O) groups excluding carboxylic acids is 1. The van der Waals surface area contributed by atoms with Gasteiger partial charge in [-0.05, 0) is 63.1 Å². The molecule has 7 heteroatoms. The molecule has 3 rings (SSSR count). The lowest BCUT2D eigenvalue weighted by Gasteiger charge is -2.13. The summed E-state index contributed by atoms with van der Waals surface area (Å²) in [6, 6.07) is 13.3. The second kappa shape index (κ2) is 10.4. The number of carbonyl (C=O) groups is 1. The molecular weight excluding hydrogens is 401 g/mol. The van der Waals surface area contributed by atoms with E-state index in [1.165, 1.54) is 23.9 Å². The second-order valence-corrected chi connectivity index (χ2v) is 8.47. The van der Waals surface area contributed by atoms with Gasteiger partial charge in [-0.25, -0.2) is 9.37 Å². The molecule has 0 aliphatic carbocycles. The van der Waals surface area contributed by atoms with E-state index in [4.69, 9.17) is 0 Å². The number of hydrogen-bond donors (Lipinski definition) is 1. The molecule has 1 heterocycles. The summed E-state index contributed by atoms with van der Waals surface area (Å²) in [7, 11) is 0. The number of benzene rings is 2. The Morgan fingerprint density at radius 3 is 2.57 bits per heavy atom. The van der Waals surface area contributed by atoms with Crippen molar-refractivity contribution in [3.63, 3.8) is 0 Å². The first-order valence-corrected chi connectivity index (χ1v) is 11.1. The molecule has 0 saturated heterocycles. The summed E-state index contributed by atoms with van der Waals surface area (Å²) in [6.45, 7) is 3.90. The Hall–Kier alpha value is -2.67. The van der Waals surface area contributed by atoms with Crippen LogP contribution in [0.4, 0.5) is 4.39 Å². The molecule has 0 unspecified atom stereocenters. The Morgan fingerprint density at radius 1 is 1.10 bits per heavy atom. The highest BCUT2D eigenvalue weighted by Crippen LogP contribution is 2.23. The topological polar surface area (TPSA) is 64.0 Å². The van der Waals surface area contributed by atoms with Crippen LogP contribution in [0.3, 0.4) is 0 Å². The number of thioether (sulfide) groups is 1. The molecule has 1 aromatic heterocycles. The fourth-order valence-electron chi connectivity index (χ4n) is 3.15. The number of para-hydroxylation sites is 1. The minimum Gasteiger partial charge on any atom is -0.354 e. The highest BCUT2D eigenvalue weighted by Gasteiger charge is 2.13. The van der Waals surface area contributed by atoms with Crippen molar-refractivity contribution in [3.8, 4) is 5.69 Å². The van der Waals surface area contributed by atoms with E-state index in [1.54, 1.807) is 22.8 Å². The van der Waals surface area contributed by atoms with Gasteiger partial charge >= 0.3 is 0 Å². The molecule has 0 radical (unpaired) electrons. The molecule has 158 valence electrons. The molecule has 0 bridgehead atoms. The maximum absolute atomic E-state index is 13.4. The summed E-state index contributed by atoms with van der Waals surface area (Å²) in [5.74, 6) is 0.507. The third-order valence-corrected chi connectivity index (χ3v) is 5.58. The minimum atomic E-state index is -0.351. The van der Waals surface area contributed by atoms with Crippen LogP contribution in [-0.4, -0.2) is 27.3 Å². The first-order chi connectivity index (χ1) is 14.5. The van der Waals surface area contributed by atoms with E-state index in [-0.39, 0.29) is 23.3 Å². The van der Waals surface area contributed by atoms with E-state index in [2.05, 4.69) is 10.3 Å². The summed E-state index contributed by atoms with van der Waals surface area (Å²) < 4.78 is 14.9. The zero-order chi connectivity index (χ0) is 21.5. The number of aromatic nitrogens is 2. The monoisotopic (exact) mass is 427 g/mol. The third-order valence-electron chi connectivity index (χ3n) is 4.56. The van der Waals surface area contributed by atoms with Crippen LogP contribution in [0, 0.1) is 5.82 Å². The fraction of sp³-hybridized carbons (Fsp3) is 0.348. The zero-order valence-electron chi connectivity index (χ0n) is 17.2. The van der Waals surface area contributed by atoms with Gasteiger partial charge in [0.15, 0.2) is 5.16 Å². The van der Waals surface area contributed by atoms with Gasteiger partial charge in [0.1, 0.15) is 5.82 Å². The largest absolute Gasteiger partial charge is 0.354 e. The van der Waals surface area contributed by atoms with Gasteiger partial charge in [0.2, 0.25) is 5.91 Å². The fourth-order valence-corrected chi connectivity index (χ4v) is 4.16. The molecule has 0 aliphatic rings. The second-order valence-electron chi connectivity index (χ2n) is 7.41. The molecule has 1 amide bonds. The number of unbranched alkanes of at least 4 members (excludes halogenated alkanes) is 2. The van der Waals surface area contributed by atoms with Crippen LogP contribution in [0.5, 0.6) is 0 Å². The molecule has 30 heavy (non-hydrogen) atoms. The third kappa shape index (κ3) is 5.69. The van der Waals surface area contributed by atoms with E-state index in [1.807, 2.05) is 32.0 Å². The van der Waals surface area contributed by atoms with Crippen LogP contribution >= 0.6 is 11.8 Å². The van der Waals surface area contributed by atoms with Gasteiger partial charge in [-0.2, -0.15) is 0 Å². The van der Waals surface area contributed by atoms with E-state index < -0.39 is 0 Å². The van der Waals surface area contributed by atoms with Crippen LogP contribution in [0.2, 0.25) is 0 Å². The van der Waals surface area contributed by atoms with Crippen molar-refractivity contribution in [2.45, 2.75) is 50.7 Å². The van der Waals surface area contributed by atoms with E-state index in [0.29, 0.717) is 28.2 Å². The molecule has 5 nitrogen and oxygen atoms in total. The minimum absolute atomic E-state index is 0.0824. The first kappa shape index (κ1) is 22.0. The quantitative estimate of drug-likeness (QED) is 0.305. The highest BCUT2D eigenvalue weighted by atomic mass is 32.2. The van der Waals surface area contributed by atoms with Crippen LogP contribution in [0.25, 0.3) is 16.6 Å². The van der Waals surface area contributed by atoms with Gasteiger partial charge in [-0.15, -0.1) is 0 Å². The summed E-state index contributed by atoms with van der Waals surface area (Å²) in [6.07, 6.45) is 3.19. The lowest BCUT2D eigenvalue weighted by atomic mass is 10.2. The number of nitrogens with one attached hydrogen (secondary N) is 1. The van der Waals surface area contributed by atoms with Gasteiger partial charge in [0.25, 0.3) is 5.56 Å². The lowest BCUT2D eigenvalue weighted by molar-refractivity contribution is -0.121. The van der Waals surface area contributed by atoms with Crippen molar-refractivity contribution in [3.05, 3.63) is 64.7 Å². The van der Waals surface area contributed by atoms with Crippen molar-refractivity contribution in [2.24, 2.45) is 0 Å².